The van der Waals surface area contributed by atoms with Crippen molar-refractivity contribution in [2.75, 3.05) is 0 Å². The molecule has 0 spiro atoms. The molecule has 1 amide bonds. The molecule has 0 aromatic carbocycles. The highest BCUT2D eigenvalue weighted by molar-refractivity contribution is 5.94. The highest BCUT2D eigenvalue weighted by Crippen LogP contribution is 2.42. The van der Waals surface area contributed by atoms with E-state index in [1.165, 1.54) is 6.33 Å². The van der Waals surface area contributed by atoms with Crippen LogP contribution in [0.2, 0.25) is 0 Å². The van der Waals surface area contributed by atoms with E-state index in [-0.39, 0.29) is 18.0 Å². The Morgan fingerprint density at radius 1 is 1.11 bits per heavy atom. The van der Waals surface area contributed by atoms with Gasteiger partial charge in [0.2, 0.25) is 0 Å². The number of piperidine rings is 1. The lowest BCUT2D eigenvalue weighted by atomic mass is 9.85. The Morgan fingerprint density at radius 3 is 2.59 bits per heavy atom. The van der Waals surface area contributed by atoms with Gasteiger partial charge in [0.25, 0.3) is 5.91 Å². The maximum Gasteiger partial charge on any atom is 0.257 e. The van der Waals surface area contributed by atoms with Crippen molar-refractivity contribution in [2.45, 2.75) is 49.9 Å². The van der Waals surface area contributed by atoms with Gasteiger partial charge >= 0.3 is 0 Å². The number of aromatic nitrogens is 4. The van der Waals surface area contributed by atoms with Crippen LogP contribution in [0.15, 0.2) is 49.4 Å². The van der Waals surface area contributed by atoms with Gasteiger partial charge in [-0.05, 0) is 37.8 Å². The van der Waals surface area contributed by atoms with Gasteiger partial charge in [0.05, 0.1) is 29.4 Å². The van der Waals surface area contributed by atoms with E-state index in [1.807, 2.05) is 29.4 Å². The molecule has 2 saturated heterocycles. The standard InChI is InChI=1S/C20H21N5O2/c26-19(15-9-22-13-23-10-15)25-16-1-2-17(25)8-20(27,7-16)12-24-6-4-14-3-5-21-11-18(14)24/h3-6,9-11,13,16-17,27H,1-2,7-8,12H2. The number of carbonyl (C=O) groups is 1. The van der Waals surface area contributed by atoms with Crippen LogP contribution >= 0.6 is 0 Å². The van der Waals surface area contributed by atoms with E-state index in [9.17, 15) is 9.90 Å². The molecule has 0 radical (unpaired) electrons. The maximum absolute atomic E-state index is 12.9. The van der Waals surface area contributed by atoms with Crippen molar-refractivity contribution in [1.82, 2.24) is 24.4 Å². The SMILES string of the molecule is O=C(c1cncnc1)N1C2CCC1CC(O)(Cn1ccc3ccncc31)C2. The van der Waals surface area contributed by atoms with Crippen molar-refractivity contribution >= 4 is 16.8 Å². The highest BCUT2D eigenvalue weighted by atomic mass is 16.3. The number of rotatable bonds is 3. The molecule has 2 unspecified atom stereocenters. The molecule has 0 saturated carbocycles. The fourth-order valence-corrected chi connectivity index (χ4v) is 4.83. The Balaban J connectivity index is 1.38. The van der Waals surface area contributed by atoms with Gasteiger partial charge in [-0.3, -0.25) is 9.78 Å². The van der Waals surface area contributed by atoms with Crippen molar-refractivity contribution in [3.8, 4) is 0 Å². The van der Waals surface area contributed by atoms with Crippen LogP contribution in [0.3, 0.4) is 0 Å². The third-order valence-electron chi connectivity index (χ3n) is 5.93. The Hall–Kier alpha value is -2.80. The minimum atomic E-state index is -0.822. The quantitative estimate of drug-likeness (QED) is 0.770. The molecule has 2 fully saturated rings. The van der Waals surface area contributed by atoms with Gasteiger partial charge < -0.3 is 14.6 Å². The largest absolute Gasteiger partial charge is 0.388 e. The van der Waals surface area contributed by atoms with Gasteiger partial charge in [0.15, 0.2) is 0 Å². The topological polar surface area (TPSA) is 84.1 Å². The van der Waals surface area contributed by atoms with E-state index < -0.39 is 5.60 Å². The van der Waals surface area contributed by atoms with Crippen LogP contribution in [-0.4, -0.2) is 53.1 Å². The fourth-order valence-electron chi connectivity index (χ4n) is 4.83. The maximum atomic E-state index is 12.9. The van der Waals surface area contributed by atoms with Gasteiger partial charge in [-0.2, -0.15) is 0 Å². The monoisotopic (exact) mass is 363 g/mol. The lowest BCUT2D eigenvalue weighted by Gasteiger charge is -2.44. The van der Waals surface area contributed by atoms with Gasteiger partial charge in [0, 0.05) is 42.3 Å². The van der Waals surface area contributed by atoms with Crippen LogP contribution in [0.25, 0.3) is 10.9 Å². The van der Waals surface area contributed by atoms with Crippen molar-refractivity contribution in [1.29, 1.82) is 0 Å². The first kappa shape index (κ1) is 16.4. The molecule has 1 N–H and O–H groups in total. The zero-order valence-electron chi connectivity index (χ0n) is 14.9. The number of hydrogen-bond donors (Lipinski definition) is 1. The van der Waals surface area contributed by atoms with Gasteiger partial charge in [-0.1, -0.05) is 0 Å². The summed E-state index contributed by atoms with van der Waals surface area (Å²) in [5.41, 5.74) is 0.720. The minimum Gasteiger partial charge on any atom is -0.388 e. The average molecular weight is 363 g/mol. The van der Waals surface area contributed by atoms with Crippen LogP contribution in [0.4, 0.5) is 0 Å². The zero-order chi connectivity index (χ0) is 18.4. The third kappa shape index (κ3) is 2.78. The molecule has 2 bridgehead atoms. The molecule has 3 aromatic rings. The van der Waals surface area contributed by atoms with Crippen molar-refractivity contribution in [3.63, 3.8) is 0 Å². The molecule has 3 aromatic heterocycles. The first-order valence-electron chi connectivity index (χ1n) is 9.32. The third-order valence-corrected chi connectivity index (χ3v) is 5.93. The summed E-state index contributed by atoms with van der Waals surface area (Å²) in [5.74, 6) is -0.0271. The van der Waals surface area contributed by atoms with Crippen LogP contribution in [-0.2, 0) is 6.54 Å². The minimum absolute atomic E-state index is 0.0271. The second kappa shape index (κ2) is 6.13. The Bertz CT molecular complexity index is 972. The van der Waals surface area contributed by atoms with E-state index in [0.717, 1.165) is 23.7 Å². The Kier molecular flexibility index (Phi) is 3.72. The first-order valence-corrected chi connectivity index (χ1v) is 9.32. The average Bonchev–Trinajstić information content (AvgIpc) is 3.21. The number of pyridine rings is 1. The summed E-state index contributed by atoms with van der Waals surface area (Å²) in [5, 5.41) is 12.5. The van der Waals surface area contributed by atoms with Crippen molar-refractivity contribution in [3.05, 3.63) is 55.0 Å². The molecule has 0 aliphatic carbocycles. The van der Waals surface area contributed by atoms with E-state index >= 15 is 0 Å². The number of carbonyl (C=O) groups excluding carboxylic acids is 1. The lowest BCUT2D eigenvalue weighted by Crippen LogP contribution is -2.54. The van der Waals surface area contributed by atoms with Crippen LogP contribution in [0, 0.1) is 0 Å². The summed E-state index contributed by atoms with van der Waals surface area (Å²) >= 11 is 0. The number of amides is 1. The molecule has 7 nitrogen and oxygen atoms in total. The molecular formula is C20H21N5O2. The van der Waals surface area contributed by atoms with E-state index in [4.69, 9.17) is 0 Å². The molecular weight excluding hydrogens is 342 g/mol. The number of aliphatic hydroxyl groups is 1. The molecule has 5 rings (SSSR count). The number of hydrogen-bond acceptors (Lipinski definition) is 5. The smallest absolute Gasteiger partial charge is 0.257 e. The summed E-state index contributed by atoms with van der Waals surface area (Å²) in [6.45, 7) is 0.520. The van der Waals surface area contributed by atoms with E-state index in [2.05, 4.69) is 19.5 Å². The zero-order valence-corrected chi connectivity index (χ0v) is 14.9. The van der Waals surface area contributed by atoms with Gasteiger partial charge in [0.1, 0.15) is 6.33 Å². The number of nitrogens with zero attached hydrogens (tertiary/aromatic N) is 5. The highest BCUT2D eigenvalue weighted by Gasteiger charge is 2.49. The molecule has 2 aliphatic rings. The van der Waals surface area contributed by atoms with Crippen molar-refractivity contribution in [2.24, 2.45) is 0 Å². The normalized spacial score (nSPS) is 27.2. The summed E-state index contributed by atoms with van der Waals surface area (Å²) in [4.78, 5) is 27.0. The summed E-state index contributed by atoms with van der Waals surface area (Å²) < 4.78 is 2.07. The Morgan fingerprint density at radius 2 is 1.85 bits per heavy atom. The fraction of sp³-hybridized carbons (Fsp3) is 0.400. The van der Waals surface area contributed by atoms with Gasteiger partial charge in [-0.25, -0.2) is 9.97 Å². The molecule has 27 heavy (non-hydrogen) atoms. The van der Waals surface area contributed by atoms with E-state index in [0.29, 0.717) is 24.9 Å². The van der Waals surface area contributed by atoms with Gasteiger partial charge in [-0.15, -0.1) is 0 Å². The summed E-state index contributed by atoms with van der Waals surface area (Å²) in [7, 11) is 0. The summed E-state index contributed by atoms with van der Waals surface area (Å²) in [6, 6.07) is 4.13. The van der Waals surface area contributed by atoms with E-state index in [1.54, 1.807) is 18.6 Å². The van der Waals surface area contributed by atoms with Crippen LogP contribution in [0.5, 0.6) is 0 Å². The van der Waals surface area contributed by atoms with Crippen LogP contribution < -0.4 is 0 Å². The summed E-state index contributed by atoms with van der Waals surface area (Å²) in [6.07, 6.45) is 13.2. The molecule has 138 valence electrons. The molecule has 5 heterocycles. The van der Waals surface area contributed by atoms with Crippen LogP contribution in [0.1, 0.15) is 36.0 Å². The molecule has 2 aliphatic heterocycles. The second-order valence-corrected chi connectivity index (χ2v) is 7.74. The Labute approximate surface area is 156 Å². The molecule has 7 heteroatoms. The lowest BCUT2D eigenvalue weighted by molar-refractivity contribution is -0.0533. The molecule has 2 atom stereocenters. The first-order chi connectivity index (χ1) is 13.1. The second-order valence-electron chi connectivity index (χ2n) is 7.74. The predicted molar refractivity (Wildman–Crippen MR) is 98.9 cm³/mol. The predicted octanol–water partition coefficient (Wildman–Crippen LogP) is 2.02. The van der Waals surface area contributed by atoms with Crippen molar-refractivity contribution < 1.29 is 9.90 Å². The number of fused-ring (bicyclic) bond motifs is 3.